The molecular formula is C19H26O9. The molecule has 0 aromatic heterocycles. The zero-order valence-corrected chi connectivity index (χ0v) is 16.0. The molecule has 0 aliphatic rings. The summed E-state index contributed by atoms with van der Waals surface area (Å²) in [6.07, 6.45) is -1.25. The maximum atomic E-state index is 10.8. The fourth-order valence-corrected chi connectivity index (χ4v) is 2.27. The summed E-state index contributed by atoms with van der Waals surface area (Å²) in [5, 5.41) is 42.7. The Kier molecular flexibility index (Phi) is 9.87. The first-order chi connectivity index (χ1) is 12.8. The van der Waals surface area contributed by atoms with Gasteiger partial charge in [0.1, 0.15) is 0 Å². The minimum Gasteiger partial charge on any atom is -0.481 e. The van der Waals surface area contributed by atoms with E-state index < -0.39 is 48.2 Å². The van der Waals surface area contributed by atoms with E-state index in [1.807, 2.05) is 24.3 Å². The van der Waals surface area contributed by atoms with Crippen LogP contribution in [0.3, 0.4) is 0 Å². The third kappa shape index (κ3) is 9.13. The Morgan fingerprint density at radius 2 is 1.29 bits per heavy atom. The number of benzene rings is 1. The zero-order chi connectivity index (χ0) is 22.1. The SMILES string of the molecule is CC(C)Cc1ccc(C(C)C(=O)O)cc1.O=C(O)CC(O)(CC(=O)O)C(=O)O. The van der Waals surface area contributed by atoms with Gasteiger partial charge >= 0.3 is 23.9 Å². The molecule has 0 radical (unpaired) electrons. The fraction of sp³-hybridized carbons (Fsp3) is 0.474. The first-order valence-electron chi connectivity index (χ1n) is 8.49. The topological polar surface area (TPSA) is 169 Å². The molecule has 1 atom stereocenters. The maximum Gasteiger partial charge on any atom is 0.336 e. The summed E-state index contributed by atoms with van der Waals surface area (Å²) in [5.41, 5.74) is -0.598. The van der Waals surface area contributed by atoms with Crippen molar-refractivity contribution in [2.45, 2.75) is 51.6 Å². The Balaban J connectivity index is 0.000000528. The highest BCUT2D eigenvalue weighted by molar-refractivity contribution is 5.88. The van der Waals surface area contributed by atoms with E-state index in [-0.39, 0.29) is 0 Å². The number of hydrogen-bond acceptors (Lipinski definition) is 5. The van der Waals surface area contributed by atoms with Crippen molar-refractivity contribution in [2.24, 2.45) is 5.92 Å². The van der Waals surface area contributed by atoms with Gasteiger partial charge < -0.3 is 25.5 Å². The highest BCUT2D eigenvalue weighted by atomic mass is 16.4. The Bertz CT molecular complexity index is 676. The molecule has 0 bridgehead atoms. The van der Waals surface area contributed by atoms with Crippen molar-refractivity contribution in [3.05, 3.63) is 35.4 Å². The van der Waals surface area contributed by atoms with Crippen molar-refractivity contribution in [3.63, 3.8) is 0 Å². The molecule has 0 fully saturated rings. The van der Waals surface area contributed by atoms with E-state index >= 15 is 0 Å². The molecule has 0 heterocycles. The Hall–Kier alpha value is -2.94. The summed E-state index contributed by atoms with van der Waals surface area (Å²) in [6.45, 7) is 6.06. The van der Waals surface area contributed by atoms with Crippen LogP contribution in [0, 0.1) is 5.92 Å². The highest BCUT2D eigenvalue weighted by Crippen LogP contribution is 2.17. The molecule has 0 aliphatic heterocycles. The molecule has 0 aliphatic carbocycles. The number of carbonyl (C=O) groups is 4. The predicted octanol–water partition coefficient (Wildman–Crippen LogP) is 1.82. The van der Waals surface area contributed by atoms with Crippen LogP contribution < -0.4 is 0 Å². The lowest BCUT2D eigenvalue weighted by Gasteiger charge is -2.18. The molecule has 156 valence electrons. The molecule has 1 rings (SSSR count). The zero-order valence-electron chi connectivity index (χ0n) is 16.0. The van der Waals surface area contributed by atoms with Gasteiger partial charge in [-0.05, 0) is 30.4 Å². The Labute approximate surface area is 162 Å². The van der Waals surface area contributed by atoms with Gasteiger partial charge in [0.2, 0.25) is 0 Å². The first-order valence-corrected chi connectivity index (χ1v) is 8.49. The van der Waals surface area contributed by atoms with Crippen molar-refractivity contribution in [1.82, 2.24) is 0 Å². The lowest BCUT2D eigenvalue weighted by atomic mass is 9.96. The van der Waals surface area contributed by atoms with E-state index in [0.717, 1.165) is 12.0 Å². The molecule has 0 spiro atoms. The predicted molar refractivity (Wildman–Crippen MR) is 98.1 cm³/mol. The van der Waals surface area contributed by atoms with Gasteiger partial charge in [0.25, 0.3) is 0 Å². The Morgan fingerprint density at radius 1 is 0.857 bits per heavy atom. The number of carboxylic acid groups (broad SMARTS) is 4. The van der Waals surface area contributed by atoms with Crippen LogP contribution in [0.1, 0.15) is 50.7 Å². The summed E-state index contributed by atoms with van der Waals surface area (Å²) in [6, 6.07) is 7.87. The third-order valence-corrected chi connectivity index (χ3v) is 3.78. The van der Waals surface area contributed by atoms with E-state index in [1.165, 1.54) is 5.56 Å². The van der Waals surface area contributed by atoms with Gasteiger partial charge in [-0.25, -0.2) is 4.79 Å². The quantitative estimate of drug-likeness (QED) is 0.416. The average Bonchev–Trinajstić information content (AvgIpc) is 2.53. The minimum absolute atomic E-state index is 0.418. The number of aliphatic carboxylic acids is 4. The minimum atomic E-state index is -2.74. The van der Waals surface area contributed by atoms with Crippen LogP contribution in [0.5, 0.6) is 0 Å². The molecule has 1 aromatic rings. The van der Waals surface area contributed by atoms with Crippen molar-refractivity contribution in [2.75, 3.05) is 0 Å². The number of aliphatic hydroxyl groups is 1. The number of hydrogen-bond donors (Lipinski definition) is 5. The van der Waals surface area contributed by atoms with Crippen molar-refractivity contribution in [3.8, 4) is 0 Å². The van der Waals surface area contributed by atoms with E-state index in [1.54, 1.807) is 6.92 Å². The summed E-state index contributed by atoms with van der Waals surface area (Å²) in [7, 11) is 0. The molecule has 28 heavy (non-hydrogen) atoms. The van der Waals surface area contributed by atoms with Gasteiger partial charge in [0.15, 0.2) is 5.60 Å². The van der Waals surface area contributed by atoms with Gasteiger partial charge in [0, 0.05) is 0 Å². The Morgan fingerprint density at radius 3 is 1.57 bits per heavy atom. The van der Waals surface area contributed by atoms with E-state index in [0.29, 0.717) is 5.92 Å². The summed E-state index contributed by atoms with van der Waals surface area (Å²) < 4.78 is 0. The second kappa shape index (κ2) is 11.0. The molecular weight excluding hydrogens is 372 g/mol. The number of carboxylic acids is 4. The van der Waals surface area contributed by atoms with Crippen LogP contribution in [-0.4, -0.2) is 55.0 Å². The van der Waals surface area contributed by atoms with Crippen LogP contribution in [0.25, 0.3) is 0 Å². The number of rotatable bonds is 9. The normalized spacial score (nSPS) is 11.9. The molecule has 1 aromatic carbocycles. The van der Waals surface area contributed by atoms with E-state index in [9.17, 15) is 19.2 Å². The van der Waals surface area contributed by atoms with Crippen molar-refractivity contribution < 1.29 is 44.7 Å². The van der Waals surface area contributed by atoms with Crippen LogP contribution in [0.4, 0.5) is 0 Å². The molecule has 0 saturated carbocycles. The molecule has 0 saturated heterocycles. The van der Waals surface area contributed by atoms with Crippen molar-refractivity contribution >= 4 is 23.9 Å². The average molecular weight is 398 g/mol. The molecule has 9 nitrogen and oxygen atoms in total. The second-order valence-corrected chi connectivity index (χ2v) is 6.88. The van der Waals surface area contributed by atoms with Crippen LogP contribution in [0.15, 0.2) is 24.3 Å². The summed E-state index contributed by atoms with van der Waals surface area (Å²) >= 11 is 0. The maximum absolute atomic E-state index is 10.8. The van der Waals surface area contributed by atoms with Gasteiger partial charge in [-0.15, -0.1) is 0 Å². The van der Waals surface area contributed by atoms with Gasteiger partial charge in [-0.1, -0.05) is 38.1 Å². The third-order valence-electron chi connectivity index (χ3n) is 3.78. The fourth-order valence-electron chi connectivity index (χ4n) is 2.27. The van der Waals surface area contributed by atoms with Gasteiger partial charge in [0.05, 0.1) is 18.8 Å². The summed E-state index contributed by atoms with van der Waals surface area (Å²) in [5.74, 6) is -5.58. The monoisotopic (exact) mass is 398 g/mol. The summed E-state index contributed by atoms with van der Waals surface area (Å²) in [4.78, 5) is 41.2. The van der Waals surface area contributed by atoms with Gasteiger partial charge in [-0.2, -0.15) is 0 Å². The molecule has 5 N–H and O–H groups in total. The van der Waals surface area contributed by atoms with Crippen LogP contribution in [-0.2, 0) is 25.6 Å². The van der Waals surface area contributed by atoms with Crippen LogP contribution in [0.2, 0.25) is 0 Å². The second-order valence-electron chi connectivity index (χ2n) is 6.88. The molecule has 1 unspecified atom stereocenters. The van der Waals surface area contributed by atoms with Gasteiger partial charge in [-0.3, -0.25) is 14.4 Å². The molecule has 0 amide bonds. The lowest BCUT2D eigenvalue weighted by Crippen LogP contribution is -2.42. The standard InChI is InChI=1S/C13H18O2.C6H8O7/c1-9(2)8-11-4-6-12(7-5-11)10(3)13(14)15;7-3(8)1-6(13,5(11)12)2-4(9)10/h4-7,9-10H,8H2,1-3H3,(H,14,15);13H,1-2H2,(H,7,8)(H,9,10)(H,11,12). The van der Waals surface area contributed by atoms with E-state index in [2.05, 4.69) is 13.8 Å². The largest absolute Gasteiger partial charge is 0.481 e. The smallest absolute Gasteiger partial charge is 0.336 e. The highest BCUT2D eigenvalue weighted by Gasteiger charge is 2.40. The lowest BCUT2D eigenvalue weighted by molar-refractivity contribution is -0.170. The van der Waals surface area contributed by atoms with Crippen LogP contribution >= 0.6 is 0 Å². The first kappa shape index (κ1) is 25.1. The van der Waals surface area contributed by atoms with E-state index in [4.69, 9.17) is 25.5 Å². The van der Waals surface area contributed by atoms with Crippen molar-refractivity contribution in [1.29, 1.82) is 0 Å². The molecule has 9 heteroatoms.